The number of carbonyl (C=O) groups is 1. The number of aromatic nitrogens is 4. The molecule has 0 saturated carbocycles. The predicted molar refractivity (Wildman–Crippen MR) is 111 cm³/mol. The molecule has 1 atom stereocenters. The maximum atomic E-state index is 12.4. The van der Waals surface area contributed by atoms with Gasteiger partial charge < -0.3 is 5.32 Å². The number of benzene rings is 1. The topological polar surface area (TPSA) is 72.2 Å². The molecule has 4 rings (SSSR count). The van der Waals surface area contributed by atoms with Gasteiger partial charge in [0.1, 0.15) is 0 Å². The van der Waals surface area contributed by atoms with E-state index in [1.54, 1.807) is 4.52 Å². The molecule has 7 heteroatoms. The van der Waals surface area contributed by atoms with Gasteiger partial charge in [0.05, 0.1) is 11.8 Å². The second-order valence-corrected chi connectivity index (χ2v) is 8.40. The van der Waals surface area contributed by atoms with Crippen LogP contribution in [-0.4, -0.2) is 31.2 Å². The van der Waals surface area contributed by atoms with Crippen molar-refractivity contribution in [2.75, 3.05) is 5.75 Å². The number of carbonyl (C=O) groups excluding carboxylic acids is 1. The van der Waals surface area contributed by atoms with Crippen molar-refractivity contribution in [3.8, 4) is 0 Å². The van der Waals surface area contributed by atoms with Gasteiger partial charge in [-0.25, -0.2) is 9.50 Å². The number of nitrogens with zero attached hydrogens (tertiary/aromatic N) is 4. The van der Waals surface area contributed by atoms with E-state index in [9.17, 15) is 4.79 Å². The van der Waals surface area contributed by atoms with Crippen LogP contribution in [0.4, 0.5) is 0 Å². The minimum atomic E-state index is -0.0186. The molecule has 1 aliphatic carbocycles. The summed E-state index contributed by atoms with van der Waals surface area (Å²) in [5, 5.41) is 8.09. The Morgan fingerprint density at radius 3 is 2.79 bits per heavy atom. The lowest BCUT2D eigenvalue weighted by atomic mass is 9.89. The van der Waals surface area contributed by atoms with E-state index in [0.29, 0.717) is 10.9 Å². The van der Waals surface area contributed by atoms with Gasteiger partial charge in [-0.1, -0.05) is 30.0 Å². The van der Waals surface area contributed by atoms with Crippen molar-refractivity contribution in [3.63, 3.8) is 0 Å². The number of hydrogen-bond donors (Lipinski definition) is 1. The van der Waals surface area contributed by atoms with Crippen LogP contribution in [0.3, 0.4) is 0 Å². The van der Waals surface area contributed by atoms with Gasteiger partial charge in [0.15, 0.2) is 0 Å². The van der Waals surface area contributed by atoms with E-state index in [2.05, 4.69) is 38.6 Å². The average Bonchev–Trinajstić information content (AvgIpc) is 3.09. The van der Waals surface area contributed by atoms with E-state index in [1.165, 1.54) is 47.7 Å². The van der Waals surface area contributed by atoms with E-state index < -0.39 is 0 Å². The summed E-state index contributed by atoms with van der Waals surface area (Å²) < 4.78 is 1.71. The highest BCUT2D eigenvalue weighted by molar-refractivity contribution is 7.99. The maximum absolute atomic E-state index is 12.4. The third kappa shape index (κ3) is 4.04. The highest BCUT2D eigenvalue weighted by atomic mass is 32.2. The highest BCUT2D eigenvalue weighted by Gasteiger charge is 2.15. The minimum Gasteiger partial charge on any atom is -0.349 e. The molecule has 2 aromatic heterocycles. The molecule has 0 aliphatic heterocycles. The zero-order chi connectivity index (χ0) is 19.7. The number of amides is 1. The second-order valence-electron chi connectivity index (χ2n) is 7.46. The van der Waals surface area contributed by atoms with Crippen LogP contribution in [0.1, 0.15) is 53.9 Å². The highest BCUT2D eigenvalue weighted by Crippen LogP contribution is 2.25. The Hall–Kier alpha value is -2.41. The number of aryl methyl sites for hydroxylation is 4. The molecule has 0 radical (unpaired) electrons. The molecule has 0 unspecified atom stereocenters. The molecule has 0 saturated heterocycles. The van der Waals surface area contributed by atoms with E-state index >= 15 is 0 Å². The molecule has 1 aliphatic rings. The standard InChI is InChI=1S/C21H25N5OS/c1-13-10-14(2)26-20(22-13)24-21(25-26)28-12-19(27)23-15(3)17-9-8-16-6-4-5-7-18(16)11-17/h8-11,15H,4-7,12H2,1-3H3,(H,23,27)/t15-/m0/s1. The van der Waals surface area contributed by atoms with E-state index in [4.69, 9.17) is 0 Å². The van der Waals surface area contributed by atoms with Crippen LogP contribution in [0.2, 0.25) is 0 Å². The lowest BCUT2D eigenvalue weighted by molar-refractivity contribution is -0.119. The van der Waals surface area contributed by atoms with Crippen LogP contribution in [0.15, 0.2) is 29.4 Å². The molecule has 2 heterocycles. The Morgan fingerprint density at radius 1 is 1.18 bits per heavy atom. The largest absolute Gasteiger partial charge is 0.349 e. The summed E-state index contributed by atoms with van der Waals surface area (Å²) in [5.41, 5.74) is 5.95. The third-order valence-corrected chi connectivity index (χ3v) is 6.02. The molecular weight excluding hydrogens is 370 g/mol. The van der Waals surface area contributed by atoms with Crippen molar-refractivity contribution in [2.24, 2.45) is 0 Å². The normalized spacial score (nSPS) is 14.7. The number of nitrogens with one attached hydrogen (secondary N) is 1. The van der Waals surface area contributed by atoms with Crippen molar-refractivity contribution in [1.82, 2.24) is 24.9 Å². The molecule has 6 nitrogen and oxygen atoms in total. The molecule has 3 aromatic rings. The quantitative estimate of drug-likeness (QED) is 0.669. The molecule has 0 bridgehead atoms. The Morgan fingerprint density at radius 2 is 1.96 bits per heavy atom. The Balaban J connectivity index is 1.37. The fourth-order valence-corrected chi connectivity index (χ4v) is 4.36. The summed E-state index contributed by atoms with van der Waals surface area (Å²) in [6.45, 7) is 5.94. The smallest absolute Gasteiger partial charge is 0.253 e. The van der Waals surface area contributed by atoms with E-state index in [0.717, 1.165) is 17.8 Å². The zero-order valence-electron chi connectivity index (χ0n) is 16.5. The fourth-order valence-electron chi connectivity index (χ4n) is 3.73. The number of thioether (sulfide) groups is 1. The monoisotopic (exact) mass is 395 g/mol. The summed E-state index contributed by atoms with van der Waals surface area (Å²) in [6, 6.07) is 8.57. The molecule has 28 heavy (non-hydrogen) atoms. The van der Waals surface area contributed by atoms with Gasteiger partial charge in [-0.15, -0.1) is 5.10 Å². The molecule has 0 spiro atoms. The minimum absolute atomic E-state index is 0.0130. The summed E-state index contributed by atoms with van der Waals surface area (Å²) in [6.07, 6.45) is 4.86. The van der Waals surface area contributed by atoms with Crippen LogP contribution in [0.25, 0.3) is 5.78 Å². The van der Waals surface area contributed by atoms with Crippen LogP contribution >= 0.6 is 11.8 Å². The van der Waals surface area contributed by atoms with Gasteiger partial charge >= 0.3 is 0 Å². The maximum Gasteiger partial charge on any atom is 0.253 e. The predicted octanol–water partition coefficient (Wildman–Crippen LogP) is 3.59. The first-order chi connectivity index (χ1) is 13.5. The fraction of sp³-hybridized carbons (Fsp3) is 0.429. The molecular formula is C21H25N5OS. The Labute approximate surface area is 169 Å². The van der Waals surface area contributed by atoms with Gasteiger partial charge in [-0.2, -0.15) is 4.98 Å². The first kappa shape index (κ1) is 18.9. The average molecular weight is 396 g/mol. The van der Waals surface area contributed by atoms with Crippen LogP contribution in [0.5, 0.6) is 0 Å². The van der Waals surface area contributed by atoms with Crippen LogP contribution in [-0.2, 0) is 17.6 Å². The zero-order valence-corrected chi connectivity index (χ0v) is 17.3. The van der Waals surface area contributed by atoms with Crippen molar-refractivity contribution in [2.45, 2.75) is 57.7 Å². The molecule has 1 amide bonds. The van der Waals surface area contributed by atoms with Gasteiger partial charge in [0.25, 0.3) is 5.78 Å². The third-order valence-electron chi connectivity index (χ3n) is 5.18. The Kier molecular flexibility index (Phi) is 5.35. The van der Waals surface area contributed by atoms with Crippen molar-refractivity contribution < 1.29 is 4.79 Å². The van der Waals surface area contributed by atoms with E-state index in [1.807, 2.05) is 26.8 Å². The van der Waals surface area contributed by atoms with Crippen LogP contribution in [0, 0.1) is 13.8 Å². The number of fused-ring (bicyclic) bond motifs is 2. The van der Waals surface area contributed by atoms with Gasteiger partial charge in [-0.3, -0.25) is 4.79 Å². The molecule has 146 valence electrons. The summed E-state index contributed by atoms with van der Waals surface area (Å²) in [7, 11) is 0. The van der Waals surface area contributed by atoms with Gasteiger partial charge in [-0.05, 0) is 69.2 Å². The lowest BCUT2D eigenvalue weighted by Crippen LogP contribution is -2.28. The van der Waals surface area contributed by atoms with Gasteiger partial charge in [0.2, 0.25) is 11.1 Å². The SMILES string of the molecule is Cc1cc(C)n2nc(SCC(=O)N[C@@H](C)c3ccc4c(c3)CCCC4)nc2n1. The summed E-state index contributed by atoms with van der Waals surface area (Å²) in [5.74, 6) is 0.835. The summed E-state index contributed by atoms with van der Waals surface area (Å²) in [4.78, 5) is 21.2. The van der Waals surface area contributed by atoms with Crippen molar-refractivity contribution >= 4 is 23.4 Å². The molecule has 1 aromatic carbocycles. The number of hydrogen-bond acceptors (Lipinski definition) is 5. The molecule has 0 fully saturated rings. The van der Waals surface area contributed by atoms with Crippen molar-refractivity contribution in [1.29, 1.82) is 0 Å². The van der Waals surface area contributed by atoms with Gasteiger partial charge in [0, 0.05) is 11.4 Å². The molecule has 1 N–H and O–H groups in total. The first-order valence-electron chi connectivity index (χ1n) is 9.74. The number of rotatable bonds is 5. The Bertz CT molecular complexity index is 1030. The van der Waals surface area contributed by atoms with E-state index in [-0.39, 0.29) is 17.7 Å². The lowest BCUT2D eigenvalue weighted by Gasteiger charge is -2.20. The van der Waals surface area contributed by atoms with Crippen LogP contribution < -0.4 is 5.32 Å². The summed E-state index contributed by atoms with van der Waals surface area (Å²) >= 11 is 1.33. The second kappa shape index (κ2) is 7.91. The first-order valence-corrected chi connectivity index (χ1v) is 10.7. The van der Waals surface area contributed by atoms with Crippen molar-refractivity contribution in [3.05, 3.63) is 52.3 Å².